The first kappa shape index (κ1) is 16.6. The number of allylic oxidation sites excluding steroid dienone is 1. The number of phenols is 1. The fourth-order valence-electron chi connectivity index (χ4n) is 2.41. The van der Waals surface area contributed by atoms with Crippen molar-refractivity contribution in [2.24, 2.45) is 0 Å². The predicted octanol–water partition coefficient (Wildman–Crippen LogP) is 4.88. The highest BCUT2D eigenvalue weighted by Crippen LogP contribution is 2.45. The Morgan fingerprint density at radius 1 is 1.33 bits per heavy atom. The number of fused-ring (bicyclic) bond motifs is 1. The number of hydrogen-bond donors (Lipinski definition) is 1. The molecule has 24 heavy (non-hydrogen) atoms. The lowest BCUT2D eigenvalue weighted by Crippen LogP contribution is -2.02. The van der Waals surface area contributed by atoms with E-state index >= 15 is 0 Å². The number of aromatic hydroxyl groups is 1. The summed E-state index contributed by atoms with van der Waals surface area (Å²) in [6, 6.07) is 3.55. The Kier molecular flexibility index (Phi) is 4.64. The summed E-state index contributed by atoms with van der Waals surface area (Å²) in [6.07, 6.45) is 4.52. The molecule has 0 bridgehead atoms. The van der Waals surface area contributed by atoms with Gasteiger partial charge in [-0.3, -0.25) is 4.79 Å². The first-order chi connectivity index (χ1) is 11.6. The highest BCUT2D eigenvalue weighted by molar-refractivity contribution is 9.10. The topological polar surface area (TPSA) is 68.9 Å². The minimum absolute atomic E-state index is 0.0371. The van der Waals surface area contributed by atoms with Gasteiger partial charge in [0, 0.05) is 14.7 Å². The molecule has 5 nitrogen and oxygen atoms in total. The predicted molar refractivity (Wildman–Crippen MR) is 96.4 cm³/mol. The Balaban J connectivity index is 2.12. The third-order valence-corrected chi connectivity index (χ3v) is 5.10. The van der Waals surface area contributed by atoms with Crippen molar-refractivity contribution >= 4 is 50.1 Å². The van der Waals surface area contributed by atoms with Gasteiger partial charge in [0.15, 0.2) is 17.1 Å². The van der Waals surface area contributed by atoms with Gasteiger partial charge in [0.2, 0.25) is 5.75 Å². The molecular weight excluding hydrogens is 396 g/mol. The fraction of sp³-hybridized carbons (Fsp3) is 0.118. The quantitative estimate of drug-likeness (QED) is 0.481. The summed E-state index contributed by atoms with van der Waals surface area (Å²) in [5.41, 5.74) is 0.365. The number of hydrogen-bond acceptors (Lipinski definition) is 6. The van der Waals surface area contributed by atoms with E-state index in [0.717, 1.165) is 9.35 Å². The van der Waals surface area contributed by atoms with E-state index < -0.39 is 5.78 Å². The maximum absolute atomic E-state index is 12.6. The molecule has 7 heteroatoms. The van der Waals surface area contributed by atoms with Crippen molar-refractivity contribution in [1.82, 2.24) is 0 Å². The molecule has 0 aliphatic carbocycles. The average molecular weight is 409 g/mol. The van der Waals surface area contributed by atoms with Crippen LogP contribution in [0.4, 0.5) is 0 Å². The van der Waals surface area contributed by atoms with E-state index in [2.05, 4.69) is 15.9 Å². The summed E-state index contributed by atoms with van der Waals surface area (Å²) >= 11 is 4.86. The van der Waals surface area contributed by atoms with Gasteiger partial charge in [0.1, 0.15) is 11.3 Å². The second kappa shape index (κ2) is 6.70. The zero-order valence-electron chi connectivity index (χ0n) is 12.8. The second-order valence-electron chi connectivity index (χ2n) is 4.82. The van der Waals surface area contributed by atoms with E-state index in [1.807, 2.05) is 11.4 Å². The van der Waals surface area contributed by atoms with Crippen LogP contribution in [-0.2, 0) is 0 Å². The van der Waals surface area contributed by atoms with Crippen LogP contribution in [0.1, 0.15) is 15.2 Å². The largest absolute Gasteiger partial charge is 0.504 e. The van der Waals surface area contributed by atoms with Crippen molar-refractivity contribution in [2.75, 3.05) is 14.2 Å². The second-order valence-corrected chi connectivity index (χ2v) is 6.68. The molecule has 3 aromatic rings. The number of phenolic OH excluding ortho intramolecular Hbond substituents is 1. The van der Waals surface area contributed by atoms with Crippen molar-refractivity contribution in [3.05, 3.63) is 44.8 Å². The van der Waals surface area contributed by atoms with Gasteiger partial charge in [-0.25, -0.2) is 0 Å². The van der Waals surface area contributed by atoms with Crippen molar-refractivity contribution < 1.29 is 23.8 Å². The van der Waals surface area contributed by atoms with Crippen molar-refractivity contribution in [3.8, 4) is 17.2 Å². The molecule has 124 valence electrons. The number of thiophene rings is 1. The van der Waals surface area contributed by atoms with Gasteiger partial charge >= 0.3 is 0 Å². The SMILES string of the molecule is COc1c(C(=O)/C=C/c2cc(Br)cs2)c(O)c(OC)c2occc12. The van der Waals surface area contributed by atoms with E-state index in [4.69, 9.17) is 13.9 Å². The number of rotatable bonds is 5. The van der Waals surface area contributed by atoms with Crippen molar-refractivity contribution in [2.45, 2.75) is 0 Å². The van der Waals surface area contributed by atoms with E-state index in [0.29, 0.717) is 11.0 Å². The summed E-state index contributed by atoms with van der Waals surface area (Å²) in [7, 11) is 2.83. The van der Waals surface area contributed by atoms with Crippen molar-refractivity contribution in [3.63, 3.8) is 0 Å². The monoisotopic (exact) mass is 408 g/mol. The van der Waals surface area contributed by atoms with E-state index in [1.54, 1.807) is 12.1 Å². The summed E-state index contributed by atoms with van der Waals surface area (Å²) in [4.78, 5) is 13.5. The highest BCUT2D eigenvalue weighted by atomic mass is 79.9. The minimum atomic E-state index is -0.393. The van der Waals surface area contributed by atoms with Crippen LogP contribution in [0.2, 0.25) is 0 Å². The number of carbonyl (C=O) groups excluding carboxylic acids is 1. The number of furan rings is 1. The number of ketones is 1. The van der Waals surface area contributed by atoms with E-state index in [1.165, 1.54) is 37.9 Å². The molecular formula is C17H13BrO5S. The summed E-state index contributed by atoms with van der Waals surface area (Å²) in [5.74, 6) is -0.348. The van der Waals surface area contributed by atoms with Crippen LogP contribution < -0.4 is 9.47 Å². The van der Waals surface area contributed by atoms with E-state index in [9.17, 15) is 9.90 Å². The Morgan fingerprint density at radius 2 is 2.08 bits per heavy atom. The molecule has 2 heterocycles. The molecule has 0 amide bonds. The lowest BCUT2D eigenvalue weighted by molar-refractivity contribution is 0.104. The number of carbonyl (C=O) groups is 1. The van der Waals surface area contributed by atoms with Crippen LogP contribution in [0.25, 0.3) is 17.0 Å². The molecule has 0 spiro atoms. The zero-order valence-corrected chi connectivity index (χ0v) is 15.2. The molecule has 0 saturated carbocycles. The van der Waals surface area contributed by atoms with Gasteiger partial charge in [-0.2, -0.15) is 0 Å². The molecule has 1 N–H and O–H groups in total. The van der Waals surface area contributed by atoms with Crippen molar-refractivity contribution in [1.29, 1.82) is 0 Å². The maximum atomic E-state index is 12.6. The lowest BCUT2D eigenvalue weighted by Gasteiger charge is -2.12. The van der Waals surface area contributed by atoms with Crippen LogP contribution >= 0.6 is 27.3 Å². The first-order valence-corrected chi connectivity index (χ1v) is 8.54. The summed E-state index contributed by atoms with van der Waals surface area (Å²) in [5, 5.41) is 12.9. The standard InChI is InChI=1S/C17H13BrO5S/c1-21-15-11-5-6-23-16(11)17(22-2)14(20)13(15)12(19)4-3-10-7-9(18)8-24-10/h3-8,20H,1-2H3/b4-3+. The molecule has 0 atom stereocenters. The number of methoxy groups -OCH3 is 2. The molecule has 1 aromatic carbocycles. The number of benzene rings is 1. The van der Waals surface area contributed by atoms with Crippen LogP contribution in [0, 0.1) is 0 Å². The molecule has 2 aromatic heterocycles. The maximum Gasteiger partial charge on any atom is 0.205 e. The highest BCUT2D eigenvalue weighted by Gasteiger charge is 2.26. The normalized spacial score (nSPS) is 11.3. The smallest absolute Gasteiger partial charge is 0.205 e. The van der Waals surface area contributed by atoms with Gasteiger partial charge in [-0.05, 0) is 40.2 Å². The minimum Gasteiger partial charge on any atom is -0.504 e. The van der Waals surface area contributed by atoms with E-state index in [-0.39, 0.29) is 22.8 Å². The number of halogens is 1. The Labute approximate surface area is 150 Å². The molecule has 0 unspecified atom stereocenters. The van der Waals surface area contributed by atoms with Crippen LogP contribution in [-0.4, -0.2) is 25.1 Å². The first-order valence-electron chi connectivity index (χ1n) is 6.87. The van der Waals surface area contributed by atoms with Gasteiger partial charge in [-0.15, -0.1) is 11.3 Å². The van der Waals surface area contributed by atoms with Crippen LogP contribution in [0.15, 0.2) is 38.7 Å². The molecule has 0 aliphatic heterocycles. The third kappa shape index (κ3) is 2.81. The molecule has 0 saturated heterocycles. The molecule has 0 aliphatic rings. The fourth-order valence-corrected chi connectivity index (χ4v) is 3.75. The molecule has 0 fully saturated rings. The number of ether oxygens (including phenoxy) is 2. The summed E-state index contributed by atoms with van der Waals surface area (Å²) < 4.78 is 16.8. The zero-order chi connectivity index (χ0) is 17.3. The van der Waals surface area contributed by atoms with Gasteiger partial charge < -0.3 is 19.0 Å². The van der Waals surface area contributed by atoms with Gasteiger partial charge in [-0.1, -0.05) is 0 Å². The molecule has 3 rings (SSSR count). The van der Waals surface area contributed by atoms with Gasteiger partial charge in [0.05, 0.1) is 25.9 Å². The molecule has 0 radical (unpaired) electrons. The lowest BCUT2D eigenvalue weighted by atomic mass is 10.0. The van der Waals surface area contributed by atoms with Crippen LogP contribution in [0.5, 0.6) is 17.2 Å². The summed E-state index contributed by atoms with van der Waals surface area (Å²) in [6.45, 7) is 0. The Bertz CT molecular complexity index is 938. The van der Waals surface area contributed by atoms with Gasteiger partial charge in [0.25, 0.3) is 0 Å². The average Bonchev–Trinajstić information content (AvgIpc) is 3.20. The van der Waals surface area contributed by atoms with Crippen LogP contribution in [0.3, 0.4) is 0 Å². The third-order valence-electron chi connectivity index (χ3n) is 3.44. The Hall–Kier alpha value is -2.25. The Morgan fingerprint density at radius 3 is 2.71 bits per heavy atom.